The molecule has 2 aromatic carbocycles. The summed E-state index contributed by atoms with van der Waals surface area (Å²) in [5.41, 5.74) is -5.65. The molecule has 0 fully saturated rings. The monoisotopic (exact) mass is 586 g/mol. The van der Waals surface area contributed by atoms with E-state index in [1.165, 1.54) is 10.7 Å². The average molecular weight is 586 g/mol. The number of hydrogen-bond acceptors (Lipinski definition) is 4. The van der Waals surface area contributed by atoms with Crippen LogP contribution in [0.2, 0.25) is 0 Å². The Morgan fingerprint density at radius 1 is 1.00 bits per heavy atom. The minimum atomic E-state index is -6.09. The van der Waals surface area contributed by atoms with Crippen molar-refractivity contribution in [2.75, 3.05) is 7.11 Å². The van der Waals surface area contributed by atoms with Crippen molar-refractivity contribution in [2.24, 2.45) is 0 Å². The number of ether oxygens (including phenoxy) is 1. The van der Waals surface area contributed by atoms with E-state index >= 15 is 0 Å². The van der Waals surface area contributed by atoms with E-state index in [0.717, 1.165) is 5.75 Å². The van der Waals surface area contributed by atoms with Crippen molar-refractivity contribution in [3.05, 3.63) is 59.2 Å². The lowest BCUT2D eigenvalue weighted by Crippen LogP contribution is -3.61. The molecule has 0 amide bonds. The van der Waals surface area contributed by atoms with Crippen molar-refractivity contribution in [1.29, 1.82) is 0 Å². The van der Waals surface area contributed by atoms with Gasteiger partial charge in [-0.1, -0.05) is 0 Å². The van der Waals surface area contributed by atoms with Gasteiger partial charge in [-0.15, -0.1) is 0 Å². The molecular weight excluding hydrogens is 575 g/mol. The van der Waals surface area contributed by atoms with Gasteiger partial charge < -0.3 is 9.29 Å². The molecule has 0 unspecified atom stereocenters. The average Bonchev–Trinajstić information content (AvgIpc) is 2.49. The van der Waals surface area contributed by atoms with Crippen LogP contribution in [-0.4, -0.2) is 25.6 Å². The molecule has 24 heavy (non-hydrogen) atoms. The minimum Gasteiger partial charge on any atom is -0.741 e. The Morgan fingerprint density at radius 2 is 1.38 bits per heavy atom. The van der Waals surface area contributed by atoms with Crippen LogP contribution in [0.15, 0.2) is 48.5 Å². The summed E-state index contributed by atoms with van der Waals surface area (Å²) >= 11 is 2.27. The molecule has 0 saturated carbocycles. The van der Waals surface area contributed by atoms with Gasteiger partial charge in [0, 0.05) is 3.57 Å². The highest BCUT2D eigenvalue weighted by molar-refractivity contribution is 14.1. The normalized spacial score (nSPS) is 11.4. The van der Waals surface area contributed by atoms with Crippen LogP contribution in [0.4, 0.5) is 13.2 Å². The third-order valence-electron chi connectivity index (χ3n) is 2.35. The largest absolute Gasteiger partial charge is 0.741 e. The molecule has 4 nitrogen and oxygen atoms in total. The van der Waals surface area contributed by atoms with Gasteiger partial charge in [-0.25, -0.2) is 8.42 Å². The SMILES string of the molecule is COc1ccc([I+]c2ccc(I)cc2)cc1.O=S(=O)([O-])C(F)(F)F. The van der Waals surface area contributed by atoms with Gasteiger partial charge in [0.15, 0.2) is 17.3 Å². The molecule has 10 heteroatoms. The number of methoxy groups -OCH3 is 1. The van der Waals surface area contributed by atoms with Gasteiger partial charge in [-0.3, -0.25) is 0 Å². The molecule has 0 aliphatic heterocycles. The fraction of sp³-hybridized carbons (Fsp3) is 0.143. The third kappa shape index (κ3) is 7.53. The second-order valence-electron chi connectivity index (χ2n) is 4.09. The summed E-state index contributed by atoms with van der Waals surface area (Å²) in [6.07, 6.45) is 0. The maximum Gasteiger partial charge on any atom is 0.485 e. The molecule has 0 saturated heterocycles. The molecule has 0 aliphatic rings. The minimum absolute atomic E-state index is 0.0611. The second-order valence-corrected chi connectivity index (χ2v) is 9.74. The summed E-state index contributed by atoms with van der Waals surface area (Å²) in [6.45, 7) is 0. The van der Waals surface area contributed by atoms with Gasteiger partial charge in [0.05, 0.1) is 7.11 Å². The summed E-state index contributed by atoms with van der Waals surface area (Å²) in [4.78, 5) is 0. The first-order valence-electron chi connectivity index (χ1n) is 6.09. The zero-order valence-electron chi connectivity index (χ0n) is 12.0. The summed E-state index contributed by atoms with van der Waals surface area (Å²) < 4.78 is 68.2. The van der Waals surface area contributed by atoms with Crippen LogP contribution >= 0.6 is 22.6 Å². The van der Waals surface area contributed by atoms with E-state index < -0.39 is 15.6 Å². The second kappa shape index (κ2) is 9.20. The van der Waals surface area contributed by atoms with Gasteiger partial charge in [-0.05, 0) is 71.1 Å². The molecule has 2 aromatic rings. The van der Waals surface area contributed by atoms with Crippen molar-refractivity contribution < 1.29 is 52.1 Å². The Hall–Kier alpha value is -0.600. The predicted octanol–water partition coefficient (Wildman–Crippen LogP) is 0.480. The Balaban J connectivity index is 0.000000307. The van der Waals surface area contributed by atoms with Crippen LogP contribution in [-0.2, 0) is 10.1 Å². The molecular formula is C14H11F3I2O4S. The fourth-order valence-electron chi connectivity index (χ4n) is 1.25. The molecule has 0 N–H and O–H groups in total. The highest BCUT2D eigenvalue weighted by atomic mass is 127. The van der Waals surface area contributed by atoms with Gasteiger partial charge in [0.2, 0.25) is 0 Å². The fourth-order valence-corrected chi connectivity index (χ4v) is 3.77. The molecule has 0 bridgehead atoms. The van der Waals surface area contributed by atoms with Crippen molar-refractivity contribution in [1.82, 2.24) is 0 Å². The summed E-state index contributed by atoms with van der Waals surface area (Å²) in [5, 5.41) is 0. The van der Waals surface area contributed by atoms with Crippen LogP contribution in [0.3, 0.4) is 0 Å². The third-order valence-corrected chi connectivity index (χ3v) is 6.32. The van der Waals surface area contributed by atoms with Crippen LogP contribution in [0.25, 0.3) is 0 Å². The summed E-state index contributed by atoms with van der Waals surface area (Å²) in [6, 6.07) is 17.1. The van der Waals surface area contributed by atoms with Crippen LogP contribution in [0, 0.1) is 10.7 Å². The Kier molecular flexibility index (Phi) is 8.22. The summed E-state index contributed by atoms with van der Waals surface area (Å²) in [5.74, 6) is 0.926. The smallest absolute Gasteiger partial charge is 0.485 e. The van der Waals surface area contributed by atoms with E-state index in [-0.39, 0.29) is 21.2 Å². The standard InChI is InChI=1S/C13H11I2O.CHF3O3S/c1-16-13-8-6-12(7-9-13)15-11-4-2-10(14)3-5-11;2-1(3,4)8(5,6)7/h2-9H,1H3;(H,5,6,7)/q+1;/p-1. The first-order valence-corrected chi connectivity index (χ1v) is 10.7. The van der Waals surface area contributed by atoms with E-state index in [9.17, 15) is 13.2 Å². The first-order chi connectivity index (χ1) is 11.0. The van der Waals surface area contributed by atoms with Crippen LogP contribution in [0.5, 0.6) is 5.75 Å². The number of halogens is 5. The number of rotatable bonds is 3. The Labute approximate surface area is 161 Å². The van der Waals surface area contributed by atoms with E-state index in [0.29, 0.717) is 0 Å². The number of benzene rings is 2. The van der Waals surface area contributed by atoms with Crippen molar-refractivity contribution in [3.8, 4) is 5.75 Å². The van der Waals surface area contributed by atoms with Gasteiger partial charge in [-0.2, -0.15) is 13.2 Å². The quantitative estimate of drug-likeness (QED) is 0.299. The molecule has 0 radical (unpaired) electrons. The molecule has 0 aromatic heterocycles. The summed E-state index contributed by atoms with van der Waals surface area (Å²) in [7, 11) is -4.39. The topological polar surface area (TPSA) is 66.4 Å². The predicted molar refractivity (Wildman–Crippen MR) is 85.3 cm³/mol. The lowest BCUT2D eigenvalue weighted by atomic mass is 10.3. The number of hydrogen-bond donors (Lipinski definition) is 0. The van der Waals surface area contributed by atoms with E-state index in [4.69, 9.17) is 17.7 Å². The van der Waals surface area contributed by atoms with Crippen molar-refractivity contribution in [2.45, 2.75) is 5.51 Å². The number of alkyl halides is 3. The maximum absolute atomic E-state index is 10.7. The molecule has 0 spiro atoms. The Bertz CT molecular complexity index is 745. The van der Waals surface area contributed by atoms with Crippen LogP contribution < -0.4 is 25.9 Å². The van der Waals surface area contributed by atoms with Crippen molar-refractivity contribution in [3.63, 3.8) is 0 Å². The molecule has 0 atom stereocenters. The van der Waals surface area contributed by atoms with E-state index in [1.807, 2.05) is 12.1 Å². The van der Waals surface area contributed by atoms with E-state index in [2.05, 4.69) is 59.0 Å². The van der Waals surface area contributed by atoms with Gasteiger partial charge in [0.1, 0.15) is 5.75 Å². The van der Waals surface area contributed by atoms with E-state index in [1.54, 1.807) is 7.11 Å². The van der Waals surface area contributed by atoms with Gasteiger partial charge >= 0.3 is 26.7 Å². The zero-order chi connectivity index (χ0) is 18.4. The van der Waals surface area contributed by atoms with Crippen LogP contribution in [0.1, 0.15) is 0 Å². The zero-order valence-corrected chi connectivity index (χ0v) is 17.2. The maximum atomic E-state index is 10.7. The lowest BCUT2D eigenvalue weighted by molar-refractivity contribution is -0.597. The first kappa shape index (κ1) is 21.4. The molecule has 0 heterocycles. The van der Waals surface area contributed by atoms with Gasteiger partial charge in [0.25, 0.3) is 0 Å². The Morgan fingerprint density at radius 3 is 1.71 bits per heavy atom. The molecule has 2 rings (SSSR count). The van der Waals surface area contributed by atoms with Crippen molar-refractivity contribution >= 4 is 32.7 Å². The lowest BCUT2D eigenvalue weighted by Gasteiger charge is -2.08. The molecule has 0 aliphatic carbocycles. The molecule has 132 valence electrons. The highest BCUT2D eigenvalue weighted by Gasteiger charge is 2.36. The highest BCUT2D eigenvalue weighted by Crippen LogP contribution is 2.20.